The van der Waals surface area contributed by atoms with E-state index in [0.717, 1.165) is 12.8 Å². The van der Waals surface area contributed by atoms with E-state index in [0.29, 0.717) is 13.2 Å². The van der Waals surface area contributed by atoms with Crippen LogP contribution in [0, 0.1) is 5.82 Å². The second-order valence-electron chi connectivity index (χ2n) is 4.75. The van der Waals surface area contributed by atoms with Crippen molar-refractivity contribution < 1.29 is 13.9 Å². The van der Waals surface area contributed by atoms with Crippen molar-refractivity contribution in [3.05, 3.63) is 23.6 Å². The van der Waals surface area contributed by atoms with Gasteiger partial charge in [0.25, 0.3) is 5.91 Å². The molecule has 1 unspecified atom stereocenters. The Morgan fingerprint density at radius 2 is 2.47 bits per heavy atom. The molecule has 1 fully saturated rings. The van der Waals surface area contributed by atoms with E-state index in [4.69, 9.17) is 10.6 Å². The molecule has 1 aromatic heterocycles. The zero-order chi connectivity index (χ0) is 13.9. The lowest BCUT2D eigenvalue weighted by Crippen LogP contribution is -2.40. The average Bonchev–Trinajstić information content (AvgIpc) is 2.84. The Bertz CT molecular complexity index is 475. The SMILES string of the molecule is CC1(CNC(=O)c2ccnc(NN)c2F)CCCO1. The number of carbonyl (C=O) groups is 1. The van der Waals surface area contributed by atoms with Gasteiger partial charge in [0.1, 0.15) is 0 Å². The quantitative estimate of drug-likeness (QED) is 0.555. The summed E-state index contributed by atoms with van der Waals surface area (Å²) in [6.07, 6.45) is 3.17. The smallest absolute Gasteiger partial charge is 0.254 e. The van der Waals surface area contributed by atoms with Crippen LogP contribution in [0.2, 0.25) is 0 Å². The maximum atomic E-state index is 13.8. The molecule has 6 nitrogen and oxygen atoms in total. The highest BCUT2D eigenvalue weighted by Gasteiger charge is 2.30. The topological polar surface area (TPSA) is 89.3 Å². The van der Waals surface area contributed by atoms with E-state index in [1.54, 1.807) is 0 Å². The van der Waals surface area contributed by atoms with E-state index >= 15 is 0 Å². The number of anilines is 1. The van der Waals surface area contributed by atoms with Crippen molar-refractivity contribution in [1.29, 1.82) is 0 Å². The van der Waals surface area contributed by atoms with Crippen molar-refractivity contribution in [1.82, 2.24) is 10.3 Å². The molecule has 0 saturated carbocycles. The minimum absolute atomic E-state index is 0.0930. The number of amides is 1. The number of halogens is 1. The van der Waals surface area contributed by atoms with Crippen molar-refractivity contribution in [2.75, 3.05) is 18.6 Å². The van der Waals surface area contributed by atoms with Crippen LogP contribution in [-0.4, -0.2) is 29.6 Å². The van der Waals surface area contributed by atoms with Gasteiger partial charge in [0.05, 0.1) is 11.2 Å². The van der Waals surface area contributed by atoms with E-state index in [-0.39, 0.29) is 17.0 Å². The first-order chi connectivity index (χ1) is 9.06. The van der Waals surface area contributed by atoms with Gasteiger partial charge in [-0.15, -0.1) is 0 Å². The first-order valence-electron chi connectivity index (χ1n) is 6.09. The Hall–Kier alpha value is -1.73. The van der Waals surface area contributed by atoms with Gasteiger partial charge in [-0.3, -0.25) is 4.79 Å². The number of hydrogen-bond acceptors (Lipinski definition) is 5. The number of nitrogen functional groups attached to an aromatic ring is 1. The number of pyridine rings is 1. The molecule has 1 aliphatic heterocycles. The minimum atomic E-state index is -0.764. The van der Waals surface area contributed by atoms with Crippen molar-refractivity contribution in [3.63, 3.8) is 0 Å². The number of nitrogens with zero attached hydrogens (tertiary/aromatic N) is 1. The summed E-state index contributed by atoms with van der Waals surface area (Å²) in [6.45, 7) is 2.96. The minimum Gasteiger partial charge on any atom is -0.373 e. The molecule has 2 rings (SSSR count). The molecule has 104 valence electrons. The molecule has 1 amide bonds. The molecular formula is C12H17FN4O2. The number of aromatic nitrogens is 1. The predicted octanol–water partition coefficient (Wildman–Crippen LogP) is 0.805. The van der Waals surface area contributed by atoms with E-state index in [1.807, 2.05) is 6.92 Å². The zero-order valence-electron chi connectivity index (χ0n) is 10.7. The Labute approximate surface area is 110 Å². The van der Waals surface area contributed by atoms with E-state index in [9.17, 15) is 9.18 Å². The number of ether oxygens (including phenoxy) is 1. The Morgan fingerprint density at radius 1 is 1.68 bits per heavy atom. The van der Waals surface area contributed by atoms with Crippen LogP contribution in [0.3, 0.4) is 0 Å². The molecule has 0 aliphatic carbocycles. The number of hydrazine groups is 1. The zero-order valence-corrected chi connectivity index (χ0v) is 10.7. The number of rotatable bonds is 4. The molecule has 19 heavy (non-hydrogen) atoms. The Morgan fingerprint density at radius 3 is 3.11 bits per heavy atom. The summed E-state index contributed by atoms with van der Waals surface area (Å²) in [4.78, 5) is 15.6. The molecule has 1 atom stereocenters. The van der Waals surface area contributed by atoms with Crippen LogP contribution in [0.4, 0.5) is 10.2 Å². The third-order valence-electron chi connectivity index (χ3n) is 3.19. The number of nitrogens with one attached hydrogen (secondary N) is 2. The van der Waals surface area contributed by atoms with Gasteiger partial charge >= 0.3 is 0 Å². The molecule has 1 saturated heterocycles. The fourth-order valence-corrected chi connectivity index (χ4v) is 2.06. The van der Waals surface area contributed by atoms with Crippen molar-refractivity contribution >= 4 is 11.7 Å². The van der Waals surface area contributed by atoms with Crippen LogP contribution < -0.4 is 16.6 Å². The second kappa shape index (κ2) is 5.50. The van der Waals surface area contributed by atoms with Crippen LogP contribution in [0.1, 0.15) is 30.1 Å². The highest BCUT2D eigenvalue weighted by molar-refractivity contribution is 5.95. The highest BCUT2D eigenvalue weighted by atomic mass is 19.1. The maximum Gasteiger partial charge on any atom is 0.254 e. The lowest BCUT2D eigenvalue weighted by atomic mass is 10.0. The van der Waals surface area contributed by atoms with Gasteiger partial charge in [-0.25, -0.2) is 15.2 Å². The van der Waals surface area contributed by atoms with Gasteiger partial charge in [-0.05, 0) is 25.8 Å². The van der Waals surface area contributed by atoms with Gasteiger partial charge < -0.3 is 15.5 Å². The number of nitrogens with two attached hydrogens (primary N) is 1. The summed E-state index contributed by atoms with van der Waals surface area (Å²) < 4.78 is 19.4. The van der Waals surface area contributed by atoms with Crippen LogP contribution in [0.25, 0.3) is 0 Å². The molecule has 4 N–H and O–H groups in total. The van der Waals surface area contributed by atoms with Gasteiger partial charge in [0.15, 0.2) is 11.6 Å². The Kier molecular flexibility index (Phi) is 3.96. The van der Waals surface area contributed by atoms with Gasteiger partial charge in [-0.2, -0.15) is 0 Å². The molecule has 0 spiro atoms. The van der Waals surface area contributed by atoms with Crippen LogP contribution >= 0.6 is 0 Å². The van der Waals surface area contributed by atoms with Gasteiger partial charge in [0.2, 0.25) is 0 Å². The van der Waals surface area contributed by atoms with Gasteiger partial charge in [-0.1, -0.05) is 0 Å². The predicted molar refractivity (Wildman–Crippen MR) is 67.9 cm³/mol. The first-order valence-corrected chi connectivity index (χ1v) is 6.09. The standard InChI is InChI=1S/C12H17FN4O2/c1-12(4-2-6-19-12)7-16-11(18)8-3-5-15-10(17-14)9(8)13/h3,5H,2,4,6-7,14H2,1H3,(H,15,17)(H,16,18). The first kappa shape index (κ1) is 13.7. The fourth-order valence-electron chi connectivity index (χ4n) is 2.06. The second-order valence-corrected chi connectivity index (χ2v) is 4.75. The summed E-state index contributed by atoms with van der Waals surface area (Å²) in [5.41, 5.74) is 1.64. The average molecular weight is 268 g/mol. The van der Waals surface area contributed by atoms with Crippen LogP contribution in [-0.2, 0) is 4.74 Å². The molecular weight excluding hydrogens is 251 g/mol. The van der Waals surface area contributed by atoms with Crippen LogP contribution in [0.5, 0.6) is 0 Å². The molecule has 0 radical (unpaired) electrons. The number of carbonyl (C=O) groups excluding carboxylic acids is 1. The lowest BCUT2D eigenvalue weighted by Gasteiger charge is -2.23. The molecule has 2 heterocycles. The highest BCUT2D eigenvalue weighted by Crippen LogP contribution is 2.24. The molecule has 0 bridgehead atoms. The molecule has 0 aromatic carbocycles. The third-order valence-corrected chi connectivity index (χ3v) is 3.19. The van der Waals surface area contributed by atoms with E-state index in [1.165, 1.54) is 12.3 Å². The number of hydrogen-bond donors (Lipinski definition) is 3. The Balaban J connectivity index is 2.04. The van der Waals surface area contributed by atoms with Crippen molar-refractivity contribution in [2.24, 2.45) is 5.84 Å². The van der Waals surface area contributed by atoms with E-state index in [2.05, 4.69) is 15.7 Å². The monoisotopic (exact) mass is 268 g/mol. The summed E-state index contributed by atoms with van der Waals surface area (Å²) in [5, 5.41) is 2.67. The summed E-state index contributed by atoms with van der Waals surface area (Å²) in [5.74, 6) is 3.68. The third kappa shape index (κ3) is 2.99. The molecule has 7 heteroatoms. The van der Waals surface area contributed by atoms with Crippen molar-refractivity contribution in [2.45, 2.75) is 25.4 Å². The van der Waals surface area contributed by atoms with Crippen LogP contribution in [0.15, 0.2) is 12.3 Å². The molecule has 1 aromatic rings. The largest absolute Gasteiger partial charge is 0.373 e. The van der Waals surface area contributed by atoms with Crippen molar-refractivity contribution in [3.8, 4) is 0 Å². The summed E-state index contributed by atoms with van der Waals surface area (Å²) >= 11 is 0. The normalized spacial score (nSPS) is 22.3. The fraction of sp³-hybridized carbons (Fsp3) is 0.500. The van der Waals surface area contributed by atoms with E-state index < -0.39 is 11.7 Å². The van der Waals surface area contributed by atoms with Gasteiger partial charge in [0, 0.05) is 19.3 Å². The summed E-state index contributed by atoms with van der Waals surface area (Å²) in [6, 6.07) is 1.31. The summed E-state index contributed by atoms with van der Waals surface area (Å²) in [7, 11) is 0. The molecule has 1 aliphatic rings. The lowest BCUT2D eigenvalue weighted by molar-refractivity contribution is 0.0205. The maximum absolute atomic E-state index is 13.8.